The number of anilines is 1. The molecule has 2 aliphatic rings. The van der Waals surface area contributed by atoms with Crippen molar-refractivity contribution < 1.29 is 23.5 Å². The molecule has 0 saturated carbocycles. The fourth-order valence-corrected chi connectivity index (χ4v) is 4.19. The normalized spacial score (nSPS) is 22.3. The van der Waals surface area contributed by atoms with Gasteiger partial charge < -0.3 is 14.2 Å². The van der Waals surface area contributed by atoms with Gasteiger partial charge in [-0.25, -0.2) is 19.0 Å². The molecule has 2 saturated heterocycles. The summed E-state index contributed by atoms with van der Waals surface area (Å²) in [4.78, 5) is 43.3. The van der Waals surface area contributed by atoms with E-state index in [2.05, 4.69) is 10.3 Å². The number of carbonyl (C=O) groups excluding carboxylic acids is 3. The number of rotatable bonds is 2. The number of likely N-dealkylation sites (tertiary alicyclic amines) is 1. The van der Waals surface area contributed by atoms with Gasteiger partial charge in [-0.15, -0.1) is 0 Å². The van der Waals surface area contributed by atoms with Crippen LogP contribution in [0.3, 0.4) is 0 Å². The second-order valence-electron chi connectivity index (χ2n) is 9.34. The molecule has 1 N–H and O–H groups in total. The van der Waals surface area contributed by atoms with E-state index >= 15 is 4.39 Å². The SMILES string of the molecule is Cc1cn([C@H]2CCN(C(=O)OC(C)(C)C)C[C@H]2F)c2ncc(N3CCC(=O)NC3=O)cc12. The Hall–Kier alpha value is -3.17. The fourth-order valence-electron chi connectivity index (χ4n) is 4.19. The summed E-state index contributed by atoms with van der Waals surface area (Å²) in [7, 11) is 0. The number of halogens is 1. The number of fused-ring (bicyclic) bond motifs is 1. The molecule has 2 aromatic heterocycles. The number of ether oxygens (including phenoxy) is 1. The summed E-state index contributed by atoms with van der Waals surface area (Å²) in [6, 6.07) is 0.907. The van der Waals surface area contributed by atoms with Crippen LogP contribution in [-0.2, 0) is 9.53 Å². The Morgan fingerprint density at radius 3 is 2.69 bits per heavy atom. The first-order valence-electron chi connectivity index (χ1n) is 10.7. The Balaban J connectivity index is 1.55. The highest BCUT2D eigenvalue weighted by Gasteiger charge is 2.35. The van der Waals surface area contributed by atoms with Gasteiger partial charge in [0.15, 0.2) is 0 Å². The van der Waals surface area contributed by atoms with Crippen molar-refractivity contribution in [3.63, 3.8) is 0 Å². The van der Waals surface area contributed by atoms with E-state index in [1.54, 1.807) is 27.0 Å². The molecule has 0 radical (unpaired) electrons. The van der Waals surface area contributed by atoms with Crippen molar-refractivity contribution in [2.75, 3.05) is 24.5 Å². The molecule has 0 unspecified atom stereocenters. The van der Waals surface area contributed by atoms with Crippen molar-refractivity contribution in [3.05, 3.63) is 24.0 Å². The Bertz CT molecular complexity index is 1080. The number of nitrogens with zero attached hydrogens (tertiary/aromatic N) is 4. The molecule has 32 heavy (non-hydrogen) atoms. The Morgan fingerprint density at radius 1 is 1.28 bits per heavy atom. The van der Waals surface area contributed by atoms with Gasteiger partial charge in [0.2, 0.25) is 5.91 Å². The Morgan fingerprint density at radius 2 is 2.03 bits per heavy atom. The van der Waals surface area contributed by atoms with E-state index in [1.165, 1.54) is 9.80 Å². The molecule has 172 valence electrons. The molecule has 9 nitrogen and oxygen atoms in total. The largest absolute Gasteiger partial charge is 0.444 e. The maximum absolute atomic E-state index is 15.2. The van der Waals surface area contributed by atoms with Gasteiger partial charge in [0.1, 0.15) is 17.4 Å². The molecule has 2 aromatic rings. The highest BCUT2D eigenvalue weighted by atomic mass is 19.1. The van der Waals surface area contributed by atoms with Crippen molar-refractivity contribution in [1.29, 1.82) is 0 Å². The van der Waals surface area contributed by atoms with Gasteiger partial charge in [0.25, 0.3) is 0 Å². The van der Waals surface area contributed by atoms with Gasteiger partial charge in [0.05, 0.1) is 24.5 Å². The topological polar surface area (TPSA) is 96.8 Å². The third kappa shape index (κ3) is 4.26. The van der Waals surface area contributed by atoms with Crippen LogP contribution in [0.4, 0.5) is 19.7 Å². The molecular weight excluding hydrogens is 417 g/mol. The van der Waals surface area contributed by atoms with Crippen LogP contribution in [0.5, 0.6) is 0 Å². The number of hydrogen-bond donors (Lipinski definition) is 1. The summed E-state index contributed by atoms with van der Waals surface area (Å²) in [6.07, 6.45) is 2.31. The molecule has 2 atom stereocenters. The van der Waals surface area contributed by atoms with Gasteiger partial charge in [0, 0.05) is 31.1 Å². The average Bonchev–Trinajstić information content (AvgIpc) is 3.02. The second-order valence-corrected chi connectivity index (χ2v) is 9.34. The number of carbonyl (C=O) groups is 3. The number of imide groups is 1. The maximum atomic E-state index is 15.2. The van der Waals surface area contributed by atoms with Gasteiger partial charge in [-0.3, -0.25) is 15.0 Å². The zero-order chi connectivity index (χ0) is 23.2. The quantitative estimate of drug-likeness (QED) is 0.765. The van der Waals surface area contributed by atoms with Gasteiger partial charge in [-0.2, -0.15) is 0 Å². The third-order valence-electron chi connectivity index (χ3n) is 5.74. The predicted octanol–water partition coefficient (Wildman–Crippen LogP) is 3.31. The van der Waals surface area contributed by atoms with E-state index in [9.17, 15) is 14.4 Å². The summed E-state index contributed by atoms with van der Waals surface area (Å²) in [5, 5.41) is 3.12. The van der Waals surface area contributed by atoms with Crippen LogP contribution < -0.4 is 10.2 Å². The van der Waals surface area contributed by atoms with Crippen LogP contribution >= 0.6 is 0 Å². The van der Waals surface area contributed by atoms with Crippen LogP contribution in [0.15, 0.2) is 18.5 Å². The number of aromatic nitrogens is 2. The molecule has 10 heteroatoms. The van der Waals surface area contributed by atoms with E-state index in [0.29, 0.717) is 24.3 Å². The van der Waals surface area contributed by atoms with E-state index in [-0.39, 0.29) is 25.4 Å². The number of urea groups is 1. The van der Waals surface area contributed by atoms with Crippen LogP contribution in [0.2, 0.25) is 0 Å². The third-order valence-corrected chi connectivity index (χ3v) is 5.74. The average molecular weight is 445 g/mol. The fraction of sp³-hybridized carbons (Fsp3) is 0.545. The van der Waals surface area contributed by atoms with Crippen molar-refractivity contribution in [3.8, 4) is 0 Å². The van der Waals surface area contributed by atoms with Gasteiger partial charge in [-0.1, -0.05) is 0 Å². The predicted molar refractivity (Wildman–Crippen MR) is 116 cm³/mol. The Kier molecular flexibility index (Phi) is 5.56. The molecule has 4 amide bonds. The summed E-state index contributed by atoms with van der Waals surface area (Å²) in [5.41, 5.74) is 1.48. The van der Waals surface area contributed by atoms with E-state index in [0.717, 1.165) is 10.9 Å². The monoisotopic (exact) mass is 445 g/mol. The standard InChI is InChI=1S/C22H28FN5O4/c1-13-11-28(17-5-7-26(12-16(17)23)21(31)32-22(2,3)4)19-15(13)9-14(10-24-19)27-8-6-18(29)25-20(27)30/h9-11,16-17H,5-8,12H2,1-4H3,(H,25,29,30)/t16-,17+/m1/s1. The molecule has 0 aromatic carbocycles. The van der Waals surface area contributed by atoms with Crippen LogP contribution in [0, 0.1) is 6.92 Å². The zero-order valence-corrected chi connectivity index (χ0v) is 18.7. The smallest absolute Gasteiger partial charge is 0.410 e. The molecular formula is C22H28FN5O4. The number of pyridine rings is 1. The highest BCUT2D eigenvalue weighted by Crippen LogP contribution is 2.33. The first-order valence-corrected chi connectivity index (χ1v) is 10.7. The van der Waals surface area contributed by atoms with E-state index in [1.807, 2.05) is 23.8 Å². The Labute approximate surface area is 185 Å². The molecule has 2 fully saturated rings. The summed E-state index contributed by atoms with van der Waals surface area (Å²) in [5.74, 6) is -0.297. The van der Waals surface area contributed by atoms with Crippen LogP contribution in [-0.4, -0.2) is 63.9 Å². The molecule has 4 heterocycles. The zero-order valence-electron chi connectivity index (χ0n) is 18.7. The lowest BCUT2D eigenvalue weighted by molar-refractivity contribution is -0.120. The number of hydrogen-bond acceptors (Lipinski definition) is 5. The number of alkyl halides is 1. The highest BCUT2D eigenvalue weighted by molar-refractivity contribution is 6.06. The number of piperidine rings is 1. The summed E-state index contributed by atoms with van der Waals surface area (Å²) >= 11 is 0. The minimum absolute atomic E-state index is 0.0433. The molecule has 0 spiro atoms. The first-order chi connectivity index (χ1) is 15.0. The summed E-state index contributed by atoms with van der Waals surface area (Å²) < 4.78 is 22.4. The van der Waals surface area contributed by atoms with Crippen LogP contribution in [0.25, 0.3) is 11.0 Å². The van der Waals surface area contributed by atoms with Crippen molar-refractivity contribution in [1.82, 2.24) is 19.8 Å². The number of amides is 4. The van der Waals surface area contributed by atoms with Gasteiger partial charge >= 0.3 is 12.1 Å². The second kappa shape index (κ2) is 8.07. The number of aryl methyl sites for hydroxylation is 1. The maximum Gasteiger partial charge on any atom is 0.410 e. The van der Waals surface area contributed by atoms with Crippen molar-refractivity contribution in [2.24, 2.45) is 0 Å². The minimum atomic E-state index is -1.27. The molecule has 4 rings (SSSR count). The van der Waals surface area contributed by atoms with Crippen LogP contribution in [0.1, 0.15) is 45.2 Å². The molecule has 0 bridgehead atoms. The van der Waals surface area contributed by atoms with Crippen molar-refractivity contribution in [2.45, 2.75) is 58.4 Å². The lowest BCUT2D eigenvalue weighted by Gasteiger charge is -2.36. The number of nitrogens with one attached hydrogen (secondary N) is 1. The lowest BCUT2D eigenvalue weighted by atomic mass is 10.0. The van der Waals surface area contributed by atoms with E-state index in [4.69, 9.17) is 4.74 Å². The molecule has 0 aliphatic carbocycles. The van der Waals surface area contributed by atoms with E-state index < -0.39 is 29.9 Å². The minimum Gasteiger partial charge on any atom is -0.444 e. The lowest BCUT2D eigenvalue weighted by Crippen LogP contribution is -2.49. The molecule has 2 aliphatic heterocycles. The first kappa shape index (κ1) is 22.0. The summed E-state index contributed by atoms with van der Waals surface area (Å²) in [6.45, 7) is 7.89. The van der Waals surface area contributed by atoms with Gasteiger partial charge in [-0.05, 0) is 45.7 Å². The van der Waals surface area contributed by atoms with Crippen molar-refractivity contribution >= 4 is 34.8 Å².